The van der Waals surface area contributed by atoms with Gasteiger partial charge >= 0.3 is 17.9 Å². The molecule has 0 aromatic heterocycles. The van der Waals surface area contributed by atoms with E-state index in [-0.39, 0.29) is 31.1 Å². The van der Waals surface area contributed by atoms with Gasteiger partial charge in [-0.2, -0.15) is 0 Å². The molecule has 0 spiro atoms. The highest BCUT2D eigenvalue weighted by Gasteiger charge is 2.19. The lowest BCUT2D eigenvalue weighted by atomic mass is 10.0. The van der Waals surface area contributed by atoms with E-state index in [4.69, 9.17) is 14.2 Å². The van der Waals surface area contributed by atoms with Crippen molar-refractivity contribution in [3.05, 3.63) is 134 Å². The predicted octanol–water partition coefficient (Wildman–Crippen LogP) is 22.5. The number of unbranched alkanes of at least 4 members (excludes halogenated alkanes) is 25. The van der Waals surface area contributed by atoms with Crippen LogP contribution in [0.5, 0.6) is 0 Å². The van der Waals surface area contributed by atoms with Crippen LogP contribution in [0.3, 0.4) is 0 Å². The van der Waals surface area contributed by atoms with Crippen LogP contribution in [0.2, 0.25) is 0 Å². The van der Waals surface area contributed by atoms with Crippen molar-refractivity contribution in [1.29, 1.82) is 0 Å². The SMILES string of the molecule is CC/C=C\C/C=C\C/C=C\C/C=C\C/C=C\C/C=C\CCCCCCC(=O)OC(COC(=O)CCCCCCC/C=C\CCCC)COC(=O)CCCCCCCCCCCCCCCC/C=C\C/C=C\C/C=C\C/C=C\CC. The lowest BCUT2D eigenvalue weighted by molar-refractivity contribution is -0.167. The van der Waals surface area contributed by atoms with Gasteiger partial charge in [0, 0.05) is 19.3 Å². The van der Waals surface area contributed by atoms with Crippen molar-refractivity contribution < 1.29 is 28.6 Å². The second-order valence-corrected chi connectivity index (χ2v) is 21.3. The maximum atomic E-state index is 12.9. The van der Waals surface area contributed by atoms with Crippen molar-refractivity contribution >= 4 is 17.9 Å². The summed E-state index contributed by atoms with van der Waals surface area (Å²) in [6, 6.07) is 0. The number of carbonyl (C=O) groups is 3. The zero-order valence-corrected chi connectivity index (χ0v) is 51.3. The number of allylic oxidation sites excluding steroid dienone is 22. The molecule has 0 rings (SSSR count). The Bertz CT molecular complexity index is 1680. The number of hydrogen-bond acceptors (Lipinski definition) is 6. The van der Waals surface area contributed by atoms with Crippen LogP contribution in [-0.4, -0.2) is 37.2 Å². The third-order valence-corrected chi connectivity index (χ3v) is 13.6. The van der Waals surface area contributed by atoms with Gasteiger partial charge in [0.25, 0.3) is 0 Å². The summed E-state index contributed by atoms with van der Waals surface area (Å²) in [5, 5.41) is 0. The van der Waals surface area contributed by atoms with Gasteiger partial charge in [-0.15, -0.1) is 0 Å². The van der Waals surface area contributed by atoms with Crippen molar-refractivity contribution in [3.8, 4) is 0 Å². The van der Waals surface area contributed by atoms with Crippen molar-refractivity contribution in [3.63, 3.8) is 0 Å². The summed E-state index contributed by atoms with van der Waals surface area (Å²) in [5.74, 6) is -0.927. The molecule has 0 radical (unpaired) electrons. The number of rotatable bonds is 58. The van der Waals surface area contributed by atoms with Gasteiger partial charge in [0.2, 0.25) is 0 Å². The molecule has 0 aromatic rings. The first-order chi connectivity index (χ1) is 39.0. The monoisotopic (exact) mass is 1090 g/mol. The van der Waals surface area contributed by atoms with Crippen LogP contribution < -0.4 is 0 Å². The quantitative estimate of drug-likeness (QED) is 0.0261. The average molecular weight is 1090 g/mol. The number of hydrogen-bond donors (Lipinski definition) is 0. The van der Waals surface area contributed by atoms with E-state index >= 15 is 0 Å². The van der Waals surface area contributed by atoms with Crippen LogP contribution in [0.4, 0.5) is 0 Å². The second kappa shape index (κ2) is 66.1. The van der Waals surface area contributed by atoms with Crippen LogP contribution in [0.1, 0.15) is 290 Å². The lowest BCUT2D eigenvalue weighted by Crippen LogP contribution is -2.30. The Kier molecular flexibility index (Phi) is 62.3. The first-order valence-corrected chi connectivity index (χ1v) is 32.7. The van der Waals surface area contributed by atoms with E-state index in [2.05, 4.69) is 154 Å². The summed E-state index contributed by atoms with van der Waals surface area (Å²) in [7, 11) is 0. The topological polar surface area (TPSA) is 78.9 Å². The van der Waals surface area contributed by atoms with Gasteiger partial charge in [-0.1, -0.05) is 276 Å². The summed E-state index contributed by atoms with van der Waals surface area (Å²) in [5.41, 5.74) is 0. The number of ether oxygens (including phenoxy) is 3. The van der Waals surface area contributed by atoms with Gasteiger partial charge in [-0.05, 0) is 128 Å². The normalized spacial score (nSPS) is 13.0. The van der Waals surface area contributed by atoms with Crippen LogP contribution in [0, 0.1) is 0 Å². The van der Waals surface area contributed by atoms with Crippen molar-refractivity contribution in [2.75, 3.05) is 13.2 Å². The van der Waals surface area contributed by atoms with Crippen LogP contribution in [-0.2, 0) is 28.6 Å². The Morgan fingerprint density at radius 1 is 0.266 bits per heavy atom. The molecule has 0 aliphatic carbocycles. The zero-order chi connectivity index (χ0) is 57.1. The third kappa shape index (κ3) is 64.3. The fourth-order valence-electron chi connectivity index (χ4n) is 8.77. The highest BCUT2D eigenvalue weighted by molar-refractivity contribution is 5.71. The molecule has 448 valence electrons. The molecule has 6 nitrogen and oxygen atoms in total. The smallest absolute Gasteiger partial charge is 0.306 e. The minimum absolute atomic E-state index is 0.0939. The van der Waals surface area contributed by atoms with Crippen molar-refractivity contribution in [2.45, 2.75) is 297 Å². The van der Waals surface area contributed by atoms with Gasteiger partial charge in [0.05, 0.1) is 0 Å². The molecule has 0 aliphatic heterocycles. The summed E-state index contributed by atoms with van der Waals surface area (Å²) in [6.07, 6.45) is 93.2. The van der Waals surface area contributed by atoms with Crippen LogP contribution in [0.25, 0.3) is 0 Å². The highest BCUT2D eigenvalue weighted by Crippen LogP contribution is 2.16. The van der Waals surface area contributed by atoms with Gasteiger partial charge in [0.15, 0.2) is 6.10 Å². The molecule has 0 N–H and O–H groups in total. The molecule has 1 atom stereocenters. The summed E-state index contributed by atoms with van der Waals surface area (Å²) < 4.78 is 16.9. The Morgan fingerprint density at radius 3 is 0.785 bits per heavy atom. The maximum Gasteiger partial charge on any atom is 0.306 e. The Morgan fingerprint density at radius 2 is 0.494 bits per heavy atom. The maximum absolute atomic E-state index is 12.9. The number of carbonyl (C=O) groups excluding carboxylic acids is 3. The van der Waals surface area contributed by atoms with E-state index in [1.807, 2.05) is 0 Å². The first kappa shape index (κ1) is 74.5. The molecule has 0 aromatic carbocycles. The van der Waals surface area contributed by atoms with E-state index < -0.39 is 6.10 Å². The standard InChI is InChI=1S/C73H120O6/c1-4-7-10-13-16-19-22-24-26-28-30-32-34-35-36-37-39-40-42-44-46-48-51-54-57-60-63-66-72(75)78-69-70(68-77-71(74)65-62-59-56-53-50-21-18-15-12-9-6-3)79-73(76)67-64-61-58-55-52-49-47-45-43-41-38-33-31-29-27-25-23-20-17-14-11-8-5-2/h7-8,10-11,15-20,24-27,30-33,41,43,47,49,70H,4-6,9,12-14,21-23,28-29,34-40,42,44-46,48,50-69H2,1-3H3/b10-7-,11-8-,18-15-,19-16-,20-17-,26-24-,27-25-,32-30-,33-31-,43-41-,49-47-. The summed E-state index contributed by atoms with van der Waals surface area (Å²) in [4.78, 5) is 38.3. The van der Waals surface area contributed by atoms with Gasteiger partial charge in [-0.25, -0.2) is 0 Å². The molecule has 0 aliphatic rings. The number of esters is 3. The van der Waals surface area contributed by atoms with Gasteiger partial charge in [-0.3, -0.25) is 14.4 Å². The molecule has 79 heavy (non-hydrogen) atoms. The van der Waals surface area contributed by atoms with Gasteiger partial charge in [0.1, 0.15) is 13.2 Å². The Balaban J connectivity index is 4.32. The molecular weight excluding hydrogens is 973 g/mol. The molecule has 0 saturated carbocycles. The van der Waals surface area contributed by atoms with E-state index in [1.165, 1.54) is 103 Å². The average Bonchev–Trinajstić information content (AvgIpc) is 3.45. The molecule has 0 saturated heterocycles. The van der Waals surface area contributed by atoms with Gasteiger partial charge < -0.3 is 14.2 Å². The Hall–Kier alpha value is -4.45. The molecular formula is C73H120O6. The molecule has 0 bridgehead atoms. The fraction of sp³-hybridized carbons (Fsp3) is 0.658. The van der Waals surface area contributed by atoms with Crippen molar-refractivity contribution in [1.82, 2.24) is 0 Å². The third-order valence-electron chi connectivity index (χ3n) is 13.6. The summed E-state index contributed by atoms with van der Waals surface area (Å²) in [6.45, 7) is 6.36. The minimum Gasteiger partial charge on any atom is -0.462 e. The van der Waals surface area contributed by atoms with E-state index in [9.17, 15) is 14.4 Å². The molecule has 0 heterocycles. The largest absolute Gasteiger partial charge is 0.462 e. The van der Waals surface area contributed by atoms with E-state index in [0.717, 1.165) is 148 Å². The highest BCUT2D eigenvalue weighted by atomic mass is 16.6. The lowest BCUT2D eigenvalue weighted by Gasteiger charge is -2.18. The minimum atomic E-state index is -0.800. The van der Waals surface area contributed by atoms with E-state index in [1.54, 1.807) is 0 Å². The molecule has 6 heteroatoms. The van der Waals surface area contributed by atoms with Crippen LogP contribution in [0.15, 0.2) is 134 Å². The summed E-state index contributed by atoms with van der Waals surface area (Å²) >= 11 is 0. The zero-order valence-electron chi connectivity index (χ0n) is 51.3. The predicted molar refractivity (Wildman–Crippen MR) is 343 cm³/mol. The molecule has 0 amide bonds. The Labute approximate surface area is 487 Å². The fourth-order valence-corrected chi connectivity index (χ4v) is 8.77. The molecule has 0 fully saturated rings. The van der Waals surface area contributed by atoms with Crippen molar-refractivity contribution in [2.24, 2.45) is 0 Å². The second-order valence-electron chi connectivity index (χ2n) is 21.3. The molecule has 1 unspecified atom stereocenters. The van der Waals surface area contributed by atoms with Crippen LogP contribution >= 0.6 is 0 Å². The van der Waals surface area contributed by atoms with E-state index in [0.29, 0.717) is 19.3 Å². The first-order valence-electron chi connectivity index (χ1n) is 32.7.